The number of rotatable bonds is 2. The molecule has 0 atom stereocenters. The van der Waals surface area contributed by atoms with Crippen LogP contribution in [0.1, 0.15) is 60.0 Å². The van der Waals surface area contributed by atoms with Crippen molar-refractivity contribution in [1.82, 2.24) is 25.0 Å². The highest BCUT2D eigenvalue weighted by molar-refractivity contribution is 6.00. The molecule has 1 aliphatic carbocycles. The van der Waals surface area contributed by atoms with Gasteiger partial charge in [-0.2, -0.15) is 5.10 Å². The first-order chi connectivity index (χ1) is 15.3. The fourth-order valence-electron chi connectivity index (χ4n) is 5.91. The van der Waals surface area contributed by atoms with E-state index >= 15 is 0 Å². The first-order valence-electron chi connectivity index (χ1n) is 12.0. The van der Waals surface area contributed by atoms with Gasteiger partial charge in [0.1, 0.15) is 0 Å². The molecule has 2 aromatic heterocycles. The van der Waals surface area contributed by atoms with Crippen LogP contribution < -0.4 is 0 Å². The van der Waals surface area contributed by atoms with Crippen LogP contribution in [0.2, 0.25) is 0 Å². The van der Waals surface area contributed by atoms with Crippen LogP contribution in [0.15, 0.2) is 24.4 Å². The lowest BCUT2D eigenvalue weighted by Crippen LogP contribution is -2.45. The zero-order chi connectivity index (χ0) is 20.8. The van der Waals surface area contributed by atoms with Gasteiger partial charge in [0.25, 0.3) is 5.91 Å². The first-order valence-corrected chi connectivity index (χ1v) is 12.0. The SMILES string of the molecule is O=C(c1ccc2[nH]c3c(c2c1)CCCCc1cn[nH]c1-3)N1CCC(N2CCCC2)CC1. The Balaban J connectivity index is 1.27. The van der Waals surface area contributed by atoms with E-state index in [4.69, 9.17) is 0 Å². The largest absolute Gasteiger partial charge is 0.353 e. The highest BCUT2D eigenvalue weighted by atomic mass is 16.2. The molecule has 6 rings (SSSR count). The van der Waals surface area contributed by atoms with Crippen molar-refractivity contribution in [3.8, 4) is 11.4 Å². The fraction of sp³-hybridized carbons (Fsp3) is 0.520. The number of likely N-dealkylation sites (tertiary alicyclic amines) is 2. The minimum absolute atomic E-state index is 0.185. The highest BCUT2D eigenvalue weighted by Gasteiger charge is 2.29. The third-order valence-corrected chi connectivity index (χ3v) is 7.65. The Morgan fingerprint density at radius 1 is 0.968 bits per heavy atom. The number of aryl methyl sites for hydroxylation is 2. The maximum atomic E-state index is 13.3. The predicted molar refractivity (Wildman–Crippen MR) is 122 cm³/mol. The van der Waals surface area contributed by atoms with Crippen molar-refractivity contribution in [1.29, 1.82) is 0 Å². The highest BCUT2D eigenvalue weighted by Crippen LogP contribution is 2.35. The summed E-state index contributed by atoms with van der Waals surface area (Å²) >= 11 is 0. The first kappa shape index (κ1) is 19.1. The van der Waals surface area contributed by atoms with E-state index in [9.17, 15) is 4.79 Å². The van der Waals surface area contributed by atoms with Gasteiger partial charge in [-0.15, -0.1) is 0 Å². The van der Waals surface area contributed by atoms with Crippen molar-refractivity contribution in [2.45, 2.75) is 57.4 Å². The molecule has 3 aliphatic rings. The monoisotopic (exact) mass is 417 g/mol. The van der Waals surface area contributed by atoms with Gasteiger partial charge in [0, 0.05) is 35.6 Å². The number of H-pyrrole nitrogens is 2. The van der Waals surface area contributed by atoms with Gasteiger partial charge in [-0.1, -0.05) is 0 Å². The number of benzene rings is 1. The van der Waals surface area contributed by atoms with E-state index in [0.717, 1.165) is 67.7 Å². The second-order valence-electron chi connectivity index (χ2n) is 9.48. The molecule has 2 N–H and O–H groups in total. The summed E-state index contributed by atoms with van der Waals surface area (Å²) in [5, 5.41) is 8.68. The van der Waals surface area contributed by atoms with E-state index < -0.39 is 0 Å². The molecule has 2 fully saturated rings. The van der Waals surface area contributed by atoms with Crippen LogP contribution in [0.3, 0.4) is 0 Å². The standard InChI is InChI=1S/C25H31N5O/c31-25(30-13-9-19(10-14-30)29-11-3-4-12-29)17-7-8-22-21(15-17)20-6-2-1-5-18-16-26-28-23(18)24(20)27-22/h7-8,15-16,19,27H,1-6,9-14H2,(H,26,28). The number of carbonyl (C=O) groups excluding carboxylic acids is 1. The number of fused-ring (bicyclic) bond motifs is 5. The number of carbonyl (C=O) groups is 1. The Morgan fingerprint density at radius 2 is 1.77 bits per heavy atom. The molecular weight excluding hydrogens is 386 g/mol. The molecule has 6 nitrogen and oxygen atoms in total. The number of hydrogen-bond acceptors (Lipinski definition) is 3. The number of nitrogens with zero attached hydrogens (tertiary/aromatic N) is 3. The van der Waals surface area contributed by atoms with Crippen LogP contribution in [0.5, 0.6) is 0 Å². The summed E-state index contributed by atoms with van der Waals surface area (Å²) in [5.74, 6) is 0.185. The van der Waals surface area contributed by atoms with Crippen molar-refractivity contribution in [2.24, 2.45) is 0 Å². The Morgan fingerprint density at radius 3 is 2.61 bits per heavy atom. The second-order valence-corrected chi connectivity index (χ2v) is 9.48. The van der Waals surface area contributed by atoms with E-state index in [2.05, 4.69) is 37.1 Å². The molecule has 0 saturated carbocycles. The number of hydrogen-bond donors (Lipinski definition) is 2. The molecule has 0 radical (unpaired) electrons. The fourth-order valence-corrected chi connectivity index (χ4v) is 5.91. The summed E-state index contributed by atoms with van der Waals surface area (Å²) in [4.78, 5) is 21.6. The van der Waals surface area contributed by atoms with E-state index in [1.165, 1.54) is 48.9 Å². The van der Waals surface area contributed by atoms with Gasteiger partial charge in [0.15, 0.2) is 0 Å². The Hall–Kier alpha value is -2.60. The van der Waals surface area contributed by atoms with Crippen LogP contribution in [-0.2, 0) is 12.8 Å². The van der Waals surface area contributed by atoms with Crippen LogP contribution in [0, 0.1) is 0 Å². The topological polar surface area (TPSA) is 68.0 Å². The van der Waals surface area contributed by atoms with E-state index in [-0.39, 0.29) is 5.91 Å². The average Bonchev–Trinajstić information content (AvgIpc) is 3.54. The molecule has 1 amide bonds. The maximum absolute atomic E-state index is 13.3. The molecule has 2 saturated heterocycles. The van der Waals surface area contributed by atoms with Gasteiger partial charge >= 0.3 is 0 Å². The zero-order valence-corrected chi connectivity index (χ0v) is 18.1. The zero-order valence-electron chi connectivity index (χ0n) is 18.1. The van der Waals surface area contributed by atoms with Gasteiger partial charge in [-0.25, -0.2) is 0 Å². The summed E-state index contributed by atoms with van der Waals surface area (Å²) in [7, 11) is 0. The lowest BCUT2D eigenvalue weighted by atomic mass is 9.95. The van der Waals surface area contributed by atoms with E-state index in [1.54, 1.807) is 0 Å². The van der Waals surface area contributed by atoms with Crippen molar-refractivity contribution in [3.63, 3.8) is 0 Å². The molecule has 1 aromatic carbocycles. The Labute approximate surface area is 183 Å². The number of aromatic amines is 2. The smallest absolute Gasteiger partial charge is 0.253 e. The molecule has 0 unspecified atom stereocenters. The van der Waals surface area contributed by atoms with Crippen LogP contribution >= 0.6 is 0 Å². The number of amides is 1. The summed E-state index contributed by atoms with van der Waals surface area (Å²) in [6.07, 6.45) is 11.3. The summed E-state index contributed by atoms with van der Waals surface area (Å²) in [6.45, 7) is 4.24. The molecule has 162 valence electrons. The molecule has 4 heterocycles. The number of piperidine rings is 1. The number of aromatic nitrogens is 3. The minimum Gasteiger partial charge on any atom is -0.353 e. The lowest BCUT2D eigenvalue weighted by molar-refractivity contribution is 0.0644. The van der Waals surface area contributed by atoms with Gasteiger partial charge < -0.3 is 14.8 Å². The van der Waals surface area contributed by atoms with Crippen molar-refractivity contribution >= 4 is 16.8 Å². The molecule has 0 bridgehead atoms. The van der Waals surface area contributed by atoms with Crippen molar-refractivity contribution < 1.29 is 4.79 Å². The molecule has 3 aromatic rings. The summed E-state index contributed by atoms with van der Waals surface area (Å²) < 4.78 is 0. The lowest BCUT2D eigenvalue weighted by Gasteiger charge is -2.36. The predicted octanol–water partition coefficient (Wildman–Crippen LogP) is 4.14. The van der Waals surface area contributed by atoms with Gasteiger partial charge in [0.2, 0.25) is 0 Å². The van der Waals surface area contributed by atoms with Crippen LogP contribution in [0.4, 0.5) is 0 Å². The van der Waals surface area contributed by atoms with Gasteiger partial charge in [0.05, 0.1) is 17.6 Å². The van der Waals surface area contributed by atoms with Crippen LogP contribution in [-0.4, -0.2) is 63.1 Å². The number of nitrogens with one attached hydrogen (secondary N) is 2. The van der Waals surface area contributed by atoms with E-state index in [1.807, 2.05) is 12.3 Å². The summed E-state index contributed by atoms with van der Waals surface area (Å²) in [5.41, 5.74) is 6.80. The van der Waals surface area contributed by atoms with E-state index in [0.29, 0.717) is 6.04 Å². The summed E-state index contributed by atoms with van der Waals surface area (Å²) in [6, 6.07) is 6.87. The molecule has 2 aliphatic heterocycles. The third kappa shape index (κ3) is 3.37. The van der Waals surface area contributed by atoms with Gasteiger partial charge in [-0.05, 0) is 93.8 Å². The van der Waals surface area contributed by atoms with Crippen molar-refractivity contribution in [3.05, 3.63) is 41.1 Å². The maximum Gasteiger partial charge on any atom is 0.253 e. The molecule has 6 heteroatoms. The van der Waals surface area contributed by atoms with Gasteiger partial charge in [-0.3, -0.25) is 9.89 Å². The molecule has 31 heavy (non-hydrogen) atoms. The third-order valence-electron chi connectivity index (χ3n) is 7.65. The Bertz CT molecular complexity index is 1100. The Kier molecular flexibility index (Phi) is 4.82. The average molecular weight is 418 g/mol. The van der Waals surface area contributed by atoms with Crippen LogP contribution in [0.25, 0.3) is 22.3 Å². The molecule has 0 spiro atoms. The quantitative estimate of drug-likeness (QED) is 0.659. The molecular formula is C25H31N5O. The van der Waals surface area contributed by atoms with Crippen molar-refractivity contribution in [2.75, 3.05) is 26.2 Å². The normalized spacial score (nSPS) is 20.5. The minimum atomic E-state index is 0.185. The second kappa shape index (κ2) is 7.83.